The van der Waals surface area contributed by atoms with E-state index in [1.807, 2.05) is 0 Å². The first-order chi connectivity index (χ1) is 14.9. The predicted octanol–water partition coefficient (Wildman–Crippen LogP) is 1.91. The number of oxime groups is 1. The highest BCUT2D eigenvalue weighted by molar-refractivity contribution is 6.32. The minimum absolute atomic E-state index is 0.0227. The third-order valence-corrected chi connectivity index (χ3v) is 4.11. The zero-order valence-electron chi connectivity index (χ0n) is 16.1. The Labute approximate surface area is 181 Å². The fourth-order valence-electron chi connectivity index (χ4n) is 2.31. The van der Waals surface area contributed by atoms with Crippen molar-refractivity contribution in [2.45, 2.75) is 6.73 Å². The van der Waals surface area contributed by atoms with Crippen molar-refractivity contribution in [1.82, 2.24) is 9.78 Å². The van der Waals surface area contributed by atoms with Crippen molar-refractivity contribution < 1.29 is 23.9 Å². The minimum Gasteiger partial charge on any atom is -0.484 e. The number of rotatable bonds is 9. The second-order valence-corrected chi connectivity index (χ2v) is 6.49. The van der Waals surface area contributed by atoms with E-state index in [4.69, 9.17) is 37.4 Å². The van der Waals surface area contributed by atoms with E-state index in [-0.39, 0.29) is 24.9 Å². The van der Waals surface area contributed by atoms with Gasteiger partial charge in [0, 0.05) is 11.8 Å². The first-order valence-corrected chi connectivity index (χ1v) is 9.27. The van der Waals surface area contributed by atoms with Crippen LogP contribution in [0, 0.1) is 0 Å². The molecule has 0 aliphatic heterocycles. The molecule has 3 aromatic rings. The quantitative estimate of drug-likeness (QED) is 0.222. The summed E-state index contributed by atoms with van der Waals surface area (Å²) in [4.78, 5) is 27.7. The number of carbonyl (C=O) groups excluding carboxylic acids is 2. The standard InChI is InChI=1S/C20H18ClN5O5/c21-15-3-1-2-4-17(15)30-12-26-10-9-16(24-26)20(28)31-25-19(23)13-5-7-14(8-6-13)29-11-18(22)27/h1-10H,11-12H2,(H2,22,27)(H2,23,25). The number of hydrogen-bond acceptors (Lipinski definition) is 7. The summed E-state index contributed by atoms with van der Waals surface area (Å²) in [6.45, 7) is -0.191. The van der Waals surface area contributed by atoms with Gasteiger partial charge >= 0.3 is 5.97 Å². The fourth-order valence-corrected chi connectivity index (χ4v) is 2.50. The van der Waals surface area contributed by atoms with E-state index in [2.05, 4.69) is 10.3 Å². The average Bonchev–Trinajstić information content (AvgIpc) is 3.25. The van der Waals surface area contributed by atoms with Crippen LogP contribution in [0.2, 0.25) is 5.02 Å². The Morgan fingerprint density at radius 1 is 1.03 bits per heavy atom. The van der Waals surface area contributed by atoms with Gasteiger partial charge in [0.15, 0.2) is 24.9 Å². The molecule has 0 fully saturated rings. The van der Waals surface area contributed by atoms with Crippen LogP contribution in [0.1, 0.15) is 16.1 Å². The number of nitrogens with two attached hydrogens (primary N) is 2. The van der Waals surface area contributed by atoms with Crippen LogP contribution in [0.25, 0.3) is 0 Å². The van der Waals surface area contributed by atoms with Crippen LogP contribution >= 0.6 is 11.6 Å². The van der Waals surface area contributed by atoms with E-state index in [0.717, 1.165) is 0 Å². The predicted molar refractivity (Wildman–Crippen MR) is 112 cm³/mol. The summed E-state index contributed by atoms with van der Waals surface area (Å²) in [6, 6.07) is 14.8. The lowest BCUT2D eigenvalue weighted by Gasteiger charge is -2.07. The lowest BCUT2D eigenvalue weighted by molar-refractivity contribution is -0.119. The molecule has 0 spiro atoms. The normalized spacial score (nSPS) is 11.1. The van der Waals surface area contributed by atoms with E-state index < -0.39 is 11.9 Å². The van der Waals surface area contributed by atoms with Crippen LogP contribution in [0.3, 0.4) is 0 Å². The van der Waals surface area contributed by atoms with E-state index in [9.17, 15) is 9.59 Å². The number of aromatic nitrogens is 2. The molecule has 11 heteroatoms. The SMILES string of the molecule is NC(=O)COc1ccc(/C(N)=N/OC(=O)c2ccn(COc3ccccc3Cl)n2)cc1. The molecule has 0 bridgehead atoms. The number of amidine groups is 1. The first kappa shape index (κ1) is 21.7. The number of para-hydroxylation sites is 1. The molecule has 1 heterocycles. The van der Waals surface area contributed by atoms with Gasteiger partial charge in [0.2, 0.25) is 0 Å². The van der Waals surface area contributed by atoms with E-state index in [0.29, 0.717) is 22.1 Å². The largest absolute Gasteiger partial charge is 0.484 e. The highest BCUT2D eigenvalue weighted by Crippen LogP contribution is 2.23. The molecule has 31 heavy (non-hydrogen) atoms. The van der Waals surface area contributed by atoms with Crippen LogP contribution in [-0.2, 0) is 16.4 Å². The number of ether oxygens (including phenoxy) is 2. The monoisotopic (exact) mass is 443 g/mol. The second kappa shape index (κ2) is 10.1. The summed E-state index contributed by atoms with van der Waals surface area (Å²) in [7, 11) is 0. The van der Waals surface area contributed by atoms with Crippen LogP contribution in [0.4, 0.5) is 0 Å². The van der Waals surface area contributed by atoms with Gasteiger partial charge in [0.25, 0.3) is 5.91 Å². The Morgan fingerprint density at radius 3 is 2.48 bits per heavy atom. The van der Waals surface area contributed by atoms with Crippen molar-refractivity contribution in [2.75, 3.05) is 6.61 Å². The molecule has 0 atom stereocenters. The molecule has 0 saturated heterocycles. The van der Waals surface area contributed by atoms with Crippen molar-refractivity contribution in [2.24, 2.45) is 16.6 Å². The summed E-state index contributed by atoms with van der Waals surface area (Å²) >= 11 is 6.02. The number of benzene rings is 2. The molecule has 10 nitrogen and oxygen atoms in total. The molecular weight excluding hydrogens is 426 g/mol. The van der Waals surface area contributed by atoms with Gasteiger partial charge in [0.05, 0.1) is 5.02 Å². The highest BCUT2D eigenvalue weighted by atomic mass is 35.5. The number of amides is 1. The van der Waals surface area contributed by atoms with E-state index in [1.54, 1.807) is 54.7 Å². The van der Waals surface area contributed by atoms with E-state index >= 15 is 0 Å². The first-order valence-electron chi connectivity index (χ1n) is 8.89. The third-order valence-electron chi connectivity index (χ3n) is 3.80. The van der Waals surface area contributed by atoms with Crippen molar-refractivity contribution in [3.63, 3.8) is 0 Å². The van der Waals surface area contributed by atoms with Gasteiger partial charge in [0.1, 0.15) is 11.5 Å². The van der Waals surface area contributed by atoms with Crippen molar-refractivity contribution in [3.05, 3.63) is 77.1 Å². The summed E-state index contributed by atoms with van der Waals surface area (Å²) in [5, 5.41) is 8.15. The molecule has 3 rings (SSSR count). The lowest BCUT2D eigenvalue weighted by Crippen LogP contribution is -2.20. The van der Waals surface area contributed by atoms with Gasteiger partial charge in [-0.05, 0) is 42.5 Å². The van der Waals surface area contributed by atoms with Gasteiger partial charge in [-0.25, -0.2) is 9.48 Å². The molecule has 2 aromatic carbocycles. The molecule has 0 aliphatic rings. The molecule has 0 saturated carbocycles. The summed E-state index contributed by atoms with van der Waals surface area (Å²) < 4.78 is 12.1. The zero-order valence-corrected chi connectivity index (χ0v) is 16.9. The van der Waals surface area contributed by atoms with Crippen molar-refractivity contribution >= 4 is 29.3 Å². The maximum Gasteiger partial charge on any atom is 0.385 e. The van der Waals surface area contributed by atoms with Crippen molar-refractivity contribution in [3.8, 4) is 11.5 Å². The molecular formula is C20H18ClN5O5. The van der Waals surface area contributed by atoms with Crippen LogP contribution in [0.15, 0.2) is 65.9 Å². The maximum absolute atomic E-state index is 12.1. The Hall–Kier alpha value is -4.05. The van der Waals surface area contributed by atoms with Crippen molar-refractivity contribution in [1.29, 1.82) is 0 Å². The number of primary amides is 1. The Morgan fingerprint density at radius 2 is 1.77 bits per heavy atom. The third kappa shape index (κ3) is 6.21. The highest BCUT2D eigenvalue weighted by Gasteiger charge is 2.13. The smallest absolute Gasteiger partial charge is 0.385 e. The maximum atomic E-state index is 12.1. The molecule has 4 N–H and O–H groups in total. The minimum atomic E-state index is -0.791. The molecule has 0 aliphatic carbocycles. The Bertz CT molecular complexity index is 1100. The molecule has 0 radical (unpaired) electrons. The van der Waals surface area contributed by atoms with Crippen LogP contribution in [-0.4, -0.2) is 34.1 Å². The van der Waals surface area contributed by atoms with Gasteiger partial charge < -0.3 is 25.8 Å². The fraction of sp³-hybridized carbons (Fsp3) is 0.100. The second-order valence-electron chi connectivity index (χ2n) is 6.08. The number of hydrogen-bond donors (Lipinski definition) is 2. The number of nitrogens with zero attached hydrogens (tertiary/aromatic N) is 3. The summed E-state index contributed by atoms with van der Waals surface area (Å²) in [5.41, 5.74) is 11.3. The number of halogens is 1. The molecule has 1 aromatic heterocycles. The lowest BCUT2D eigenvalue weighted by atomic mass is 10.2. The Balaban J connectivity index is 1.54. The number of carbonyl (C=O) groups is 2. The van der Waals surface area contributed by atoms with Crippen LogP contribution < -0.4 is 20.9 Å². The van der Waals surface area contributed by atoms with Gasteiger partial charge in [-0.3, -0.25) is 4.79 Å². The molecule has 1 amide bonds. The van der Waals surface area contributed by atoms with Gasteiger partial charge in [-0.2, -0.15) is 5.10 Å². The average molecular weight is 444 g/mol. The van der Waals surface area contributed by atoms with Gasteiger partial charge in [-0.15, -0.1) is 0 Å². The molecule has 160 valence electrons. The summed E-state index contributed by atoms with van der Waals surface area (Å²) in [5.74, 6) is -0.490. The summed E-state index contributed by atoms with van der Waals surface area (Å²) in [6.07, 6.45) is 1.55. The van der Waals surface area contributed by atoms with E-state index in [1.165, 1.54) is 10.7 Å². The Kier molecular flexibility index (Phi) is 7.07. The topological polar surface area (TPSA) is 144 Å². The zero-order chi connectivity index (χ0) is 22.2. The van der Waals surface area contributed by atoms with Crippen LogP contribution in [0.5, 0.6) is 11.5 Å². The molecule has 0 unspecified atom stereocenters. The van der Waals surface area contributed by atoms with Gasteiger partial charge in [-0.1, -0.05) is 28.9 Å².